The highest BCUT2D eigenvalue weighted by Crippen LogP contribution is 2.26. The number of hydrogen-bond acceptors (Lipinski definition) is 6. The van der Waals surface area contributed by atoms with E-state index in [0.29, 0.717) is 28.5 Å². The van der Waals surface area contributed by atoms with Crippen LogP contribution in [0.2, 0.25) is 0 Å². The number of rotatable bonds is 8. The molecule has 1 aliphatic heterocycles. The van der Waals surface area contributed by atoms with Gasteiger partial charge in [0, 0.05) is 41.5 Å². The first kappa shape index (κ1) is 26.7. The van der Waals surface area contributed by atoms with Crippen molar-refractivity contribution in [1.29, 1.82) is 0 Å². The standard InChI is InChI=1S/C27H25F2N5O3S/c1-16(30-24(35)12-17-10-20(28)13-21(29)11-17)25(36)33-27-32-23(15-38-27)18-5-7-22(8-6-18)31-26(37)19-4-3-9-34(2)14-19/h3,5-11,13-16H,4,12H2,1-2H3,(H,30,35)(H,31,37)(H,32,33,36)/t16-/m0/s1. The monoisotopic (exact) mass is 537 g/mol. The number of halogens is 2. The average molecular weight is 538 g/mol. The topological polar surface area (TPSA) is 103 Å². The summed E-state index contributed by atoms with van der Waals surface area (Å²) in [5.41, 5.74) is 2.90. The van der Waals surface area contributed by atoms with Crippen LogP contribution in [0.25, 0.3) is 11.3 Å². The first-order valence-corrected chi connectivity index (χ1v) is 12.6. The van der Waals surface area contributed by atoms with E-state index in [1.54, 1.807) is 23.7 Å². The summed E-state index contributed by atoms with van der Waals surface area (Å²) < 4.78 is 26.6. The molecule has 1 aromatic heterocycles. The van der Waals surface area contributed by atoms with Crippen LogP contribution in [0.1, 0.15) is 18.9 Å². The zero-order valence-electron chi connectivity index (χ0n) is 20.6. The summed E-state index contributed by atoms with van der Waals surface area (Å²) in [5, 5.41) is 10.2. The Labute approximate surface area is 222 Å². The maximum absolute atomic E-state index is 13.3. The Morgan fingerprint density at radius 2 is 1.79 bits per heavy atom. The lowest BCUT2D eigenvalue weighted by atomic mass is 10.1. The fourth-order valence-electron chi connectivity index (χ4n) is 3.71. The molecule has 0 fully saturated rings. The number of thiazole rings is 1. The molecule has 1 atom stereocenters. The Bertz CT molecular complexity index is 1400. The van der Waals surface area contributed by atoms with E-state index in [4.69, 9.17) is 0 Å². The molecule has 3 aromatic rings. The predicted molar refractivity (Wildman–Crippen MR) is 142 cm³/mol. The summed E-state index contributed by atoms with van der Waals surface area (Å²) in [6.07, 6.45) is 5.89. The number of nitrogens with zero attached hydrogens (tertiary/aromatic N) is 2. The largest absolute Gasteiger partial charge is 0.357 e. The van der Waals surface area contributed by atoms with Crippen LogP contribution in [0.15, 0.2) is 71.9 Å². The van der Waals surface area contributed by atoms with Gasteiger partial charge in [-0.1, -0.05) is 18.2 Å². The first-order valence-electron chi connectivity index (χ1n) is 11.7. The third kappa shape index (κ3) is 7.10. The molecule has 11 heteroatoms. The van der Waals surface area contributed by atoms with Gasteiger partial charge >= 0.3 is 0 Å². The van der Waals surface area contributed by atoms with E-state index < -0.39 is 29.5 Å². The van der Waals surface area contributed by atoms with E-state index in [9.17, 15) is 23.2 Å². The number of hydrogen-bond donors (Lipinski definition) is 3. The molecule has 0 spiro atoms. The molecule has 3 N–H and O–H groups in total. The summed E-state index contributed by atoms with van der Waals surface area (Å²) in [7, 11) is 1.86. The normalized spacial score (nSPS) is 13.5. The molecule has 0 bridgehead atoms. The van der Waals surface area contributed by atoms with Crippen molar-refractivity contribution < 1.29 is 23.2 Å². The highest BCUT2D eigenvalue weighted by molar-refractivity contribution is 7.14. The molecular formula is C27H25F2N5O3S. The molecule has 4 rings (SSSR count). The lowest BCUT2D eigenvalue weighted by Crippen LogP contribution is -2.42. The fraction of sp³-hybridized carbons (Fsp3) is 0.185. The number of amides is 3. The van der Waals surface area contributed by atoms with Crippen molar-refractivity contribution >= 4 is 39.9 Å². The van der Waals surface area contributed by atoms with Crippen LogP contribution in [-0.4, -0.2) is 40.7 Å². The smallest absolute Gasteiger partial charge is 0.253 e. The van der Waals surface area contributed by atoms with Gasteiger partial charge in [0.1, 0.15) is 17.7 Å². The molecule has 0 saturated carbocycles. The van der Waals surface area contributed by atoms with E-state index in [2.05, 4.69) is 20.9 Å². The molecule has 0 saturated heterocycles. The first-order chi connectivity index (χ1) is 18.2. The van der Waals surface area contributed by atoms with Crippen molar-refractivity contribution in [3.63, 3.8) is 0 Å². The van der Waals surface area contributed by atoms with Gasteiger partial charge in [-0.3, -0.25) is 14.4 Å². The predicted octanol–water partition coefficient (Wildman–Crippen LogP) is 4.45. The van der Waals surface area contributed by atoms with Gasteiger partial charge in [-0.15, -0.1) is 11.3 Å². The maximum Gasteiger partial charge on any atom is 0.253 e. The highest BCUT2D eigenvalue weighted by atomic mass is 32.1. The Morgan fingerprint density at radius 1 is 1.08 bits per heavy atom. The van der Waals surface area contributed by atoms with Gasteiger partial charge in [-0.05, 0) is 49.4 Å². The van der Waals surface area contributed by atoms with Crippen LogP contribution in [0.3, 0.4) is 0 Å². The average Bonchev–Trinajstić information content (AvgIpc) is 3.32. The van der Waals surface area contributed by atoms with Gasteiger partial charge in [-0.2, -0.15) is 0 Å². The second-order valence-electron chi connectivity index (χ2n) is 8.71. The molecule has 8 nitrogen and oxygen atoms in total. The molecule has 1 aliphatic rings. The molecule has 2 aromatic carbocycles. The maximum atomic E-state index is 13.3. The second-order valence-corrected chi connectivity index (χ2v) is 9.57. The minimum absolute atomic E-state index is 0.165. The molecule has 0 radical (unpaired) electrons. The summed E-state index contributed by atoms with van der Waals surface area (Å²) in [4.78, 5) is 43.4. The quantitative estimate of drug-likeness (QED) is 0.394. The van der Waals surface area contributed by atoms with Gasteiger partial charge in [-0.25, -0.2) is 13.8 Å². The van der Waals surface area contributed by atoms with Gasteiger partial charge in [0.05, 0.1) is 12.1 Å². The fourth-order valence-corrected chi connectivity index (χ4v) is 4.43. The minimum atomic E-state index is -0.897. The summed E-state index contributed by atoms with van der Waals surface area (Å²) in [6.45, 7) is 1.50. The lowest BCUT2D eigenvalue weighted by molar-refractivity contribution is -0.125. The van der Waals surface area contributed by atoms with Crippen molar-refractivity contribution in [3.8, 4) is 11.3 Å². The summed E-state index contributed by atoms with van der Waals surface area (Å²) in [6, 6.07) is 9.13. The van der Waals surface area contributed by atoms with Crippen LogP contribution in [0.5, 0.6) is 0 Å². The zero-order chi connectivity index (χ0) is 27.2. The third-order valence-electron chi connectivity index (χ3n) is 5.56. The number of benzene rings is 2. The summed E-state index contributed by atoms with van der Waals surface area (Å²) in [5.74, 6) is -2.76. The van der Waals surface area contributed by atoms with Crippen molar-refractivity contribution in [3.05, 3.63) is 89.1 Å². The highest BCUT2D eigenvalue weighted by Gasteiger charge is 2.18. The van der Waals surface area contributed by atoms with Crippen LogP contribution in [0, 0.1) is 11.6 Å². The van der Waals surface area contributed by atoms with E-state index in [1.165, 1.54) is 18.3 Å². The van der Waals surface area contributed by atoms with E-state index in [0.717, 1.165) is 23.8 Å². The van der Waals surface area contributed by atoms with E-state index in [-0.39, 0.29) is 17.9 Å². The SMILES string of the molecule is C[C@H](NC(=O)Cc1cc(F)cc(F)c1)C(=O)Nc1nc(-c2ccc(NC(=O)C3=CN(C)C=CC3)cc2)cs1. The van der Waals surface area contributed by atoms with Crippen molar-refractivity contribution in [2.45, 2.75) is 25.8 Å². The van der Waals surface area contributed by atoms with E-state index >= 15 is 0 Å². The number of aromatic nitrogens is 1. The van der Waals surface area contributed by atoms with Crippen LogP contribution in [-0.2, 0) is 20.8 Å². The van der Waals surface area contributed by atoms with E-state index in [1.807, 2.05) is 36.4 Å². The van der Waals surface area contributed by atoms with Gasteiger partial charge in [0.25, 0.3) is 5.91 Å². The van der Waals surface area contributed by atoms with Crippen LogP contribution >= 0.6 is 11.3 Å². The molecule has 0 aliphatic carbocycles. The second kappa shape index (κ2) is 11.8. The lowest BCUT2D eigenvalue weighted by Gasteiger charge is -2.16. The molecule has 38 heavy (non-hydrogen) atoms. The van der Waals surface area contributed by atoms with Gasteiger partial charge < -0.3 is 20.9 Å². The van der Waals surface area contributed by atoms with Crippen molar-refractivity contribution in [2.75, 3.05) is 17.7 Å². The Kier molecular flexibility index (Phi) is 8.27. The molecule has 2 heterocycles. The Morgan fingerprint density at radius 3 is 2.47 bits per heavy atom. The molecule has 196 valence electrons. The van der Waals surface area contributed by atoms with Gasteiger partial charge in [0.15, 0.2) is 5.13 Å². The number of anilines is 2. The van der Waals surface area contributed by atoms with Crippen LogP contribution < -0.4 is 16.0 Å². The van der Waals surface area contributed by atoms with Crippen molar-refractivity contribution in [2.24, 2.45) is 0 Å². The number of carbonyl (C=O) groups excluding carboxylic acids is 3. The summed E-state index contributed by atoms with van der Waals surface area (Å²) >= 11 is 1.22. The number of nitrogens with one attached hydrogen (secondary N) is 3. The third-order valence-corrected chi connectivity index (χ3v) is 6.32. The molecular weight excluding hydrogens is 512 g/mol. The molecule has 3 amide bonds. The zero-order valence-corrected chi connectivity index (χ0v) is 21.4. The number of carbonyl (C=O) groups is 3. The minimum Gasteiger partial charge on any atom is -0.357 e. The molecule has 0 unspecified atom stereocenters. The van der Waals surface area contributed by atoms with Crippen molar-refractivity contribution in [1.82, 2.24) is 15.2 Å². The van der Waals surface area contributed by atoms with Crippen LogP contribution in [0.4, 0.5) is 19.6 Å². The van der Waals surface area contributed by atoms with Gasteiger partial charge in [0.2, 0.25) is 11.8 Å². The number of allylic oxidation sites excluding steroid dienone is 1. The Balaban J connectivity index is 1.30. The Hall–Kier alpha value is -4.38.